The normalized spacial score (nSPS) is 18.2. The number of amides is 1. The summed E-state index contributed by atoms with van der Waals surface area (Å²) in [6, 6.07) is 7.47. The molecule has 0 aliphatic carbocycles. The second-order valence-electron chi connectivity index (χ2n) is 5.73. The molecule has 98 valence electrons. The zero-order valence-electron chi connectivity index (χ0n) is 11.3. The van der Waals surface area contributed by atoms with E-state index in [1.807, 2.05) is 29.2 Å². The number of carbonyl (C=O) groups excluding carboxylic acids is 1. The Morgan fingerprint density at radius 3 is 2.22 bits per heavy atom. The lowest BCUT2D eigenvalue weighted by atomic mass is 10.0. The van der Waals surface area contributed by atoms with E-state index < -0.39 is 0 Å². The molecule has 1 fully saturated rings. The van der Waals surface area contributed by atoms with Gasteiger partial charge in [0.1, 0.15) is 0 Å². The molecule has 0 unspecified atom stereocenters. The number of anilines is 2. The highest BCUT2D eigenvalue weighted by Gasteiger charge is 2.31. The fourth-order valence-electron chi connectivity index (χ4n) is 2.17. The van der Waals surface area contributed by atoms with Crippen molar-refractivity contribution in [2.45, 2.75) is 26.3 Å². The Hall–Kier alpha value is -1.55. The Kier molecular flexibility index (Phi) is 3.30. The molecule has 0 radical (unpaired) electrons. The minimum atomic E-state index is 0.0445. The zero-order chi connectivity index (χ0) is 13.3. The van der Waals surface area contributed by atoms with Crippen LogP contribution in [-0.2, 0) is 4.79 Å². The van der Waals surface area contributed by atoms with Crippen molar-refractivity contribution in [3.63, 3.8) is 0 Å². The second-order valence-corrected chi connectivity index (χ2v) is 5.73. The van der Waals surface area contributed by atoms with Crippen LogP contribution in [0.25, 0.3) is 0 Å². The molecule has 1 heterocycles. The molecule has 1 amide bonds. The summed E-state index contributed by atoms with van der Waals surface area (Å²) in [7, 11) is 0. The third kappa shape index (κ3) is 2.64. The highest BCUT2D eigenvalue weighted by atomic mass is 16.2. The lowest BCUT2D eigenvalue weighted by molar-refractivity contribution is -0.122. The summed E-state index contributed by atoms with van der Waals surface area (Å²) >= 11 is 0. The average Bonchev–Trinajstić information content (AvgIpc) is 2.29. The highest BCUT2D eigenvalue weighted by Crippen LogP contribution is 2.22. The van der Waals surface area contributed by atoms with E-state index in [1.54, 1.807) is 0 Å². The number of benzene rings is 1. The number of carbonyl (C=O) groups is 1. The number of hydrogen-bond acceptors (Lipinski definition) is 3. The number of rotatable bonds is 1. The maximum absolute atomic E-state index is 12.2. The molecule has 1 aromatic carbocycles. The molecule has 0 aromatic heterocycles. The van der Waals surface area contributed by atoms with Crippen molar-refractivity contribution in [3.8, 4) is 0 Å². The van der Waals surface area contributed by atoms with E-state index in [9.17, 15) is 4.79 Å². The monoisotopic (exact) mass is 247 g/mol. The van der Waals surface area contributed by atoms with Crippen molar-refractivity contribution in [2.75, 3.05) is 30.3 Å². The number of nitrogen functional groups attached to an aromatic ring is 1. The van der Waals surface area contributed by atoms with E-state index in [2.05, 4.69) is 25.7 Å². The molecule has 0 saturated carbocycles. The van der Waals surface area contributed by atoms with Crippen molar-refractivity contribution in [3.05, 3.63) is 24.3 Å². The third-order valence-corrected chi connectivity index (χ3v) is 3.37. The molecule has 18 heavy (non-hydrogen) atoms. The molecule has 0 atom stereocenters. The number of piperazine rings is 1. The fourth-order valence-corrected chi connectivity index (χ4v) is 2.17. The zero-order valence-corrected chi connectivity index (χ0v) is 11.3. The van der Waals surface area contributed by atoms with Gasteiger partial charge in [0.15, 0.2) is 0 Å². The number of nitrogens with zero attached hydrogens (tertiary/aromatic N) is 2. The SMILES string of the molecule is CC(C)(C)N1CCN(c2ccc(N)cc2)C(=O)C1. The average molecular weight is 247 g/mol. The molecule has 1 aliphatic heterocycles. The third-order valence-electron chi connectivity index (χ3n) is 3.37. The van der Waals surface area contributed by atoms with Gasteiger partial charge in [0.25, 0.3) is 0 Å². The summed E-state index contributed by atoms with van der Waals surface area (Å²) in [5, 5.41) is 0. The fraction of sp³-hybridized carbons (Fsp3) is 0.500. The van der Waals surface area contributed by atoms with Gasteiger partial charge < -0.3 is 10.6 Å². The molecular formula is C14H21N3O. The lowest BCUT2D eigenvalue weighted by Crippen LogP contribution is -2.56. The molecule has 4 heteroatoms. The van der Waals surface area contributed by atoms with Gasteiger partial charge in [0, 0.05) is 30.0 Å². The van der Waals surface area contributed by atoms with E-state index in [0.29, 0.717) is 6.54 Å². The number of hydrogen-bond donors (Lipinski definition) is 1. The largest absolute Gasteiger partial charge is 0.399 e. The predicted molar refractivity (Wildman–Crippen MR) is 74.5 cm³/mol. The van der Waals surface area contributed by atoms with Crippen LogP contribution in [0.4, 0.5) is 11.4 Å². The Balaban J connectivity index is 2.10. The molecule has 0 bridgehead atoms. The molecule has 1 aromatic rings. The van der Waals surface area contributed by atoms with Gasteiger partial charge in [-0.1, -0.05) is 0 Å². The van der Waals surface area contributed by atoms with Crippen LogP contribution in [-0.4, -0.2) is 36.0 Å². The minimum absolute atomic E-state index is 0.0445. The maximum atomic E-state index is 12.2. The van der Waals surface area contributed by atoms with Crippen LogP contribution in [0.1, 0.15) is 20.8 Å². The molecule has 2 N–H and O–H groups in total. The quantitative estimate of drug-likeness (QED) is 0.769. The van der Waals surface area contributed by atoms with Gasteiger partial charge in [-0.25, -0.2) is 0 Å². The van der Waals surface area contributed by atoms with Crippen LogP contribution < -0.4 is 10.6 Å². The smallest absolute Gasteiger partial charge is 0.241 e. The van der Waals surface area contributed by atoms with Crippen LogP contribution >= 0.6 is 0 Å². The molecular weight excluding hydrogens is 226 g/mol. The summed E-state index contributed by atoms with van der Waals surface area (Å²) in [5.74, 6) is 0.154. The summed E-state index contributed by atoms with van der Waals surface area (Å²) in [5.41, 5.74) is 7.36. The van der Waals surface area contributed by atoms with Crippen molar-refractivity contribution >= 4 is 17.3 Å². The first-order valence-corrected chi connectivity index (χ1v) is 6.29. The topological polar surface area (TPSA) is 49.6 Å². The Morgan fingerprint density at radius 1 is 1.11 bits per heavy atom. The van der Waals surface area contributed by atoms with Gasteiger partial charge in [0.05, 0.1) is 6.54 Å². The second kappa shape index (κ2) is 4.61. The van der Waals surface area contributed by atoms with Crippen molar-refractivity contribution in [1.29, 1.82) is 0 Å². The van der Waals surface area contributed by atoms with Crippen molar-refractivity contribution in [2.24, 2.45) is 0 Å². The Bertz CT molecular complexity index is 433. The summed E-state index contributed by atoms with van der Waals surface area (Å²) in [6.45, 7) is 8.53. The van der Waals surface area contributed by atoms with E-state index in [0.717, 1.165) is 24.5 Å². The van der Waals surface area contributed by atoms with Gasteiger partial charge in [-0.15, -0.1) is 0 Å². The van der Waals surface area contributed by atoms with Crippen LogP contribution in [0.5, 0.6) is 0 Å². The summed E-state index contributed by atoms with van der Waals surface area (Å²) in [4.78, 5) is 16.2. The lowest BCUT2D eigenvalue weighted by Gasteiger charge is -2.41. The van der Waals surface area contributed by atoms with Gasteiger partial charge in [0.2, 0.25) is 5.91 Å². The van der Waals surface area contributed by atoms with E-state index >= 15 is 0 Å². The van der Waals surface area contributed by atoms with E-state index in [1.165, 1.54) is 0 Å². The highest BCUT2D eigenvalue weighted by molar-refractivity contribution is 5.95. The number of nitrogens with two attached hydrogens (primary N) is 1. The summed E-state index contributed by atoms with van der Waals surface area (Å²) < 4.78 is 0. The molecule has 1 aliphatic rings. The van der Waals surface area contributed by atoms with Crippen molar-refractivity contribution in [1.82, 2.24) is 4.90 Å². The molecule has 1 saturated heterocycles. The van der Waals surface area contributed by atoms with Crippen molar-refractivity contribution < 1.29 is 4.79 Å². The minimum Gasteiger partial charge on any atom is -0.399 e. The first-order chi connectivity index (χ1) is 8.38. The van der Waals surface area contributed by atoms with Crippen LogP contribution in [0.3, 0.4) is 0 Å². The molecule has 4 nitrogen and oxygen atoms in total. The van der Waals surface area contributed by atoms with E-state index in [4.69, 9.17) is 5.73 Å². The van der Waals surface area contributed by atoms with E-state index in [-0.39, 0.29) is 11.4 Å². The van der Waals surface area contributed by atoms with Gasteiger partial charge in [-0.3, -0.25) is 9.69 Å². The predicted octanol–water partition coefficient (Wildman–Crippen LogP) is 1.72. The van der Waals surface area contributed by atoms with Crippen LogP contribution in [0.15, 0.2) is 24.3 Å². The molecule has 0 spiro atoms. The Morgan fingerprint density at radius 2 is 1.72 bits per heavy atom. The van der Waals surface area contributed by atoms with Gasteiger partial charge in [-0.05, 0) is 45.0 Å². The Labute approximate surface area is 108 Å². The standard InChI is InChI=1S/C14H21N3O/c1-14(2,3)16-8-9-17(13(18)10-16)12-6-4-11(15)5-7-12/h4-7H,8-10,15H2,1-3H3. The maximum Gasteiger partial charge on any atom is 0.241 e. The first-order valence-electron chi connectivity index (χ1n) is 6.29. The van der Waals surface area contributed by atoms with Crippen LogP contribution in [0, 0.1) is 0 Å². The first kappa shape index (κ1) is 12.9. The molecule has 2 rings (SSSR count). The summed E-state index contributed by atoms with van der Waals surface area (Å²) in [6.07, 6.45) is 0. The van der Waals surface area contributed by atoms with Gasteiger partial charge >= 0.3 is 0 Å². The van der Waals surface area contributed by atoms with Gasteiger partial charge in [-0.2, -0.15) is 0 Å². The van der Waals surface area contributed by atoms with Crippen LogP contribution in [0.2, 0.25) is 0 Å².